The van der Waals surface area contributed by atoms with E-state index in [1.54, 1.807) is 0 Å². The lowest BCUT2D eigenvalue weighted by Gasteiger charge is -2.12. The molecule has 0 aromatic carbocycles. The average Bonchev–Trinajstić information content (AvgIpc) is 2.88. The Kier molecular flexibility index (Phi) is 6.93. The number of amides is 1. The number of aryl methyl sites for hydroxylation is 2. The van der Waals surface area contributed by atoms with Crippen molar-refractivity contribution in [1.82, 2.24) is 15.3 Å². The Morgan fingerprint density at radius 2 is 2.17 bits per heavy atom. The second kappa shape index (κ2) is 8.94. The van der Waals surface area contributed by atoms with E-state index in [0.717, 1.165) is 36.6 Å². The zero-order valence-electron chi connectivity index (χ0n) is 14.6. The largest absolute Gasteiger partial charge is 0.391 e. The molecule has 1 heterocycles. The zero-order valence-corrected chi connectivity index (χ0v) is 14.6. The smallest absolute Gasteiger partial charge is 0.223 e. The van der Waals surface area contributed by atoms with Crippen molar-refractivity contribution in [2.24, 2.45) is 11.7 Å². The molecule has 1 aromatic rings. The third-order valence-corrected chi connectivity index (χ3v) is 4.33. The van der Waals surface area contributed by atoms with E-state index in [1.165, 1.54) is 0 Å². The summed E-state index contributed by atoms with van der Waals surface area (Å²) >= 11 is 0. The molecule has 1 fully saturated rings. The third kappa shape index (κ3) is 5.42. The third-order valence-electron chi connectivity index (χ3n) is 4.33. The van der Waals surface area contributed by atoms with Gasteiger partial charge in [0.15, 0.2) is 0 Å². The van der Waals surface area contributed by atoms with Crippen LogP contribution in [-0.2, 0) is 11.2 Å². The van der Waals surface area contributed by atoms with Gasteiger partial charge in [0.25, 0.3) is 0 Å². The van der Waals surface area contributed by atoms with Gasteiger partial charge in [-0.15, -0.1) is 0 Å². The standard InChI is InChI=1S/C17H29N5O2/c1-3-4-5-15-21-11(2)8-16(22-15)19-6-7-20-17(24)12-9-13(18)14(23)10-12/h8,12-14,23H,3-7,9-10,18H2,1-2H3,(H,20,24)(H,19,21,22)/t12-,13+,14+/m0/s1. The number of aliphatic hydroxyl groups is 1. The number of aromatic nitrogens is 2. The van der Waals surface area contributed by atoms with Gasteiger partial charge in [0.1, 0.15) is 11.6 Å². The molecule has 0 radical (unpaired) electrons. The molecule has 134 valence electrons. The first-order chi connectivity index (χ1) is 11.5. The number of carbonyl (C=O) groups is 1. The number of hydrogen-bond acceptors (Lipinski definition) is 6. The lowest BCUT2D eigenvalue weighted by Crippen LogP contribution is -2.33. The first-order valence-corrected chi connectivity index (χ1v) is 8.79. The molecule has 0 spiro atoms. The van der Waals surface area contributed by atoms with Crippen molar-refractivity contribution in [3.63, 3.8) is 0 Å². The Bertz CT molecular complexity index is 542. The van der Waals surface area contributed by atoms with E-state index in [4.69, 9.17) is 5.73 Å². The molecule has 0 saturated heterocycles. The van der Waals surface area contributed by atoms with E-state index in [9.17, 15) is 9.90 Å². The number of anilines is 1. The Balaban J connectivity index is 1.74. The Labute approximate surface area is 143 Å². The summed E-state index contributed by atoms with van der Waals surface area (Å²) < 4.78 is 0. The fourth-order valence-corrected chi connectivity index (χ4v) is 2.95. The highest BCUT2D eigenvalue weighted by Crippen LogP contribution is 2.24. The molecule has 1 aliphatic rings. The lowest BCUT2D eigenvalue weighted by molar-refractivity contribution is -0.124. The molecule has 0 bridgehead atoms. The molecule has 1 aromatic heterocycles. The summed E-state index contributed by atoms with van der Waals surface area (Å²) in [6.07, 6.45) is 3.51. The van der Waals surface area contributed by atoms with Gasteiger partial charge in [-0.2, -0.15) is 0 Å². The summed E-state index contributed by atoms with van der Waals surface area (Å²) in [4.78, 5) is 21.0. The molecule has 0 aliphatic heterocycles. The summed E-state index contributed by atoms with van der Waals surface area (Å²) in [6.45, 7) is 5.21. The first kappa shape index (κ1) is 18.6. The van der Waals surface area contributed by atoms with Crippen LogP contribution < -0.4 is 16.4 Å². The molecule has 1 aliphatic carbocycles. The Morgan fingerprint density at radius 1 is 1.38 bits per heavy atom. The van der Waals surface area contributed by atoms with Crippen LogP contribution in [0.4, 0.5) is 5.82 Å². The number of nitrogens with two attached hydrogens (primary N) is 1. The summed E-state index contributed by atoms with van der Waals surface area (Å²) in [5.41, 5.74) is 6.68. The molecule has 5 N–H and O–H groups in total. The molecule has 1 amide bonds. The number of nitrogens with zero attached hydrogens (tertiary/aromatic N) is 2. The normalized spacial score (nSPS) is 23.2. The van der Waals surface area contributed by atoms with Crippen LogP contribution in [0.15, 0.2) is 6.07 Å². The molecule has 24 heavy (non-hydrogen) atoms. The van der Waals surface area contributed by atoms with Gasteiger partial charge in [-0.25, -0.2) is 9.97 Å². The topological polar surface area (TPSA) is 113 Å². The fraction of sp³-hybridized carbons (Fsp3) is 0.706. The summed E-state index contributed by atoms with van der Waals surface area (Å²) in [7, 11) is 0. The summed E-state index contributed by atoms with van der Waals surface area (Å²) in [5, 5.41) is 15.7. The molecule has 7 heteroatoms. The van der Waals surface area contributed by atoms with Gasteiger partial charge in [0.05, 0.1) is 6.10 Å². The van der Waals surface area contributed by atoms with Gasteiger partial charge >= 0.3 is 0 Å². The number of hydrogen-bond donors (Lipinski definition) is 4. The van der Waals surface area contributed by atoms with Crippen molar-refractivity contribution < 1.29 is 9.90 Å². The minimum Gasteiger partial charge on any atom is -0.391 e. The molecule has 1 saturated carbocycles. The number of rotatable bonds is 8. The maximum atomic E-state index is 12.0. The van der Waals surface area contributed by atoms with Crippen LogP contribution in [0.2, 0.25) is 0 Å². The highest BCUT2D eigenvalue weighted by Gasteiger charge is 2.34. The van der Waals surface area contributed by atoms with Gasteiger partial charge in [0.2, 0.25) is 5.91 Å². The Hall–Kier alpha value is -1.73. The van der Waals surface area contributed by atoms with E-state index >= 15 is 0 Å². The fourth-order valence-electron chi connectivity index (χ4n) is 2.95. The first-order valence-electron chi connectivity index (χ1n) is 8.79. The van der Waals surface area contributed by atoms with Crippen LogP contribution in [0.1, 0.15) is 44.1 Å². The minimum atomic E-state index is -0.565. The molecule has 7 nitrogen and oxygen atoms in total. The number of nitrogens with one attached hydrogen (secondary N) is 2. The van der Waals surface area contributed by atoms with Crippen LogP contribution in [0, 0.1) is 12.8 Å². The van der Waals surface area contributed by atoms with Crippen molar-refractivity contribution in [1.29, 1.82) is 0 Å². The number of carbonyl (C=O) groups excluding carboxylic acids is 1. The SMILES string of the molecule is CCCCc1nc(C)cc(NCCNC(=O)[C@H]2C[C@@H](N)[C@H](O)C2)n1. The highest BCUT2D eigenvalue weighted by atomic mass is 16.3. The predicted molar refractivity (Wildman–Crippen MR) is 93.6 cm³/mol. The van der Waals surface area contributed by atoms with E-state index in [2.05, 4.69) is 27.5 Å². The van der Waals surface area contributed by atoms with Crippen LogP contribution >= 0.6 is 0 Å². The van der Waals surface area contributed by atoms with Gasteiger partial charge < -0.3 is 21.5 Å². The van der Waals surface area contributed by atoms with Crippen molar-refractivity contribution in [2.75, 3.05) is 18.4 Å². The van der Waals surface area contributed by atoms with Gasteiger partial charge in [-0.3, -0.25) is 4.79 Å². The molecule has 0 unspecified atom stereocenters. The quantitative estimate of drug-likeness (QED) is 0.522. The maximum absolute atomic E-state index is 12.0. The second-order valence-corrected chi connectivity index (χ2v) is 6.53. The Morgan fingerprint density at radius 3 is 2.83 bits per heavy atom. The van der Waals surface area contributed by atoms with Gasteiger partial charge in [-0.05, 0) is 26.2 Å². The second-order valence-electron chi connectivity index (χ2n) is 6.53. The van der Waals surface area contributed by atoms with E-state index in [0.29, 0.717) is 25.9 Å². The number of aliphatic hydroxyl groups excluding tert-OH is 1. The van der Waals surface area contributed by atoms with E-state index in [-0.39, 0.29) is 17.9 Å². The highest BCUT2D eigenvalue weighted by molar-refractivity contribution is 5.79. The molecule has 3 atom stereocenters. The van der Waals surface area contributed by atoms with Crippen molar-refractivity contribution in [2.45, 2.75) is 58.1 Å². The van der Waals surface area contributed by atoms with Gasteiger partial charge in [0, 0.05) is 43.2 Å². The predicted octanol–water partition coefficient (Wildman–Crippen LogP) is 0.754. The van der Waals surface area contributed by atoms with Crippen LogP contribution in [0.3, 0.4) is 0 Å². The average molecular weight is 335 g/mol. The van der Waals surface area contributed by atoms with Gasteiger partial charge in [-0.1, -0.05) is 13.3 Å². The minimum absolute atomic E-state index is 0.0358. The summed E-state index contributed by atoms with van der Waals surface area (Å²) in [5.74, 6) is 1.43. The van der Waals surface area contributed by atoms with Crippen LogP contribution in [-0.4, -0.2) is 46.2 Å². The van der Waals surface area contributed by atoms with E-state index < -0.39 is 6.10 Å². The molecule has 2 rings (SSSR count). The lowest BCUT2D eigenvalue weighted by atomic mass is 10.1. The molecular formula is C17H29N5O2. The maximum Gasteiger partial charge on any atom is 0.223 e. The molecular weight excluding hydrogens is 306 g/mol. The van der Waals surface area contributed by atoms with Crippen LogP contribution in [0.5, 0.6) is 0 Å². The van der Waals surface area contributed by atoms with Crippen molar-refractivity contribution in [3.8, 4) is 0 Å². The van der Waals surface area contributed by atoms with E-state index in [1.807, 2.05) is 13.0 Å². The summed E-state index contributed by atoms with van der Waals surface area (Å²) in [6, 6.07) is 1.62. The number of unbranched alkanes of at least 4 members (excludes halogenated alkanes) is 1. The van der Waals surface area contributed by atoms with Crippen LogP contribution in [0.25, 0.3) is 0 Å². The zero-order chi connectivity index (χ0) is 17.5. The monoisotopic (exact) mass is 335 g/mol. The van der Waals surface area contributed by atoms with Crippen molar-refractivity contribution in [3.05, 3.63) is 17.6 Å². The van der Waals surface area contributed by atoms with Crippen molar-refractivity contribution >= 4 is 11.7 Å².